The lowest BCUT2D eigenvalue weighted by molar-refractivity contribution is 0.209. The van der Waals surface area contributed by atoms with Gasteiger partial charge in [0.05, 0.1) is 5.69 Å². The number of aliphatic hydroxyl groups is 1. The van der Waals surface area contributed by atoms with Gasteiger partial charge < -0.3 is 5.11 Å². The summed E-state index contributed by atoms with van der Waals surface area (Å²) in [6.07, 6.45) is 1.90. The van der Waals surface area contributed by atoms with Crippen LogP contribution >= 0.6 is 27.5 Å². The normalized spacial score (nSPS) is 17.6. The number of pyridine rings is 1. The first-order chi connectivity index (χ1) is 9.06. The van der Waals surface area contributed by atoms with Crippen molar-refractivity contribution in [2.45, 2.75) is 18.9 Å². The number of benzene rings is 1. The van der Waals surface area contributed by atoms with Gasteiger partial charge in [-0.2, -0.15) is 0 Å². The molecule has 0 aliphatic heterocycles. The fourth-order valence-electron chi connectivity index (χ4n) is 2.50. The second kappa shape index (κ2) is 4.85. The third kappa shape index (κ3) is 2.29. The summed E-state index contributed by atoms with van der Waals surface area (Å²) < 4.78 is 14.9. The first-order valence-electron chi connectivity index (χ1n) is 5.86. The molecule has 0 spiro atoms. The third-order valence-electron chi connectivity index (χ3n) is 3.34. The SMILES string of the molecule is OC1c2ncc(Br)cc2CCc2cc(Cl)cc(F)c21. The molecule has 5 heteroatoms. The average molecular weight is 343 g/mol. The van der Waals surface area contributed by atoms with Crippen LogP contribution in [-0.4, -0.2) is 10.1 Å². The molecule has 2 nitrogen and oxygen atoms in total. The molecule has 19 heavy (non-hydrogen) atoms. The number of hydrogen-bond donors (Lipinski definition) is 1. The van der Waals surface area contributed by atoms with Crippen LogP contribution in [0.3, 0.4) is 0 Å². The molecule has 98 valence electrons. The van der Waals surface area contributed by atoms with E-state index >= 15 is 0 Å². The van der Waals surface area contributed by atoms with Gasteiger partial charge in [-0.1, -0.05) is 11.6 Å². The molecule has 1 aromatic carbocycles. The van der Waals surface area contributed by atoms with E-state index in [1.165, 1.54) is 6.07 Å². The van der Waals surface area contributed by atoms with Crippen LogP contribution in [0, 0.1) is 5.82 Å². The number of aromatic nitrogens is 1. The van der Waals surface area contributed by atoms with Crippen LogP contribution in [0.5, 0.6) is 0 Å². The molecule has 0 fully saturated rings. The van der Waals surface area contributed by atoms with Crippen LogP contribution in [0.15, 0.2) is 28.9 Å². The lowest BCUT2D eigenvalue weighted by Gasteiger charge is -2.14. The molecule has 0 radical (unpaired) electrons. The van der Waals surface area contributed by atoms with Gasteiger partial charge >= 0.3 is 0 Å². The van der Waals surface area contributed by atoms with Gasteiger partial charge in [0.1, 0.15) is 11.9 Å². The number of nitrogens with zero attached hydrogens (tertiary/aromatic N) is 1. The van der Waals surface area contributed by atoms with Crippen LogP contribution < -0.4 is 0 Å². The summed E-state index contributed by atoms with van der Waals surface area (Å²) in [4.78, 5) is 4.23. The van der Waals surface area contributed by atoms with Crippen LogP contribution in [-0.2, 0) is 12.8 Å². The number of aryl methyl sites for hydroxylation is 2. The van der Waals surface area contributed by atoms with E-state index in [0.717, 1.165) is 15.6 Å². The lowest BCUT2D eigenvalue weighted by atomic mass is 10.00. The van der Waals surface area contributed by atoms with E-state index in [4.69, 9.17) is 11.6 Å². The highest BCUT2D eigenvalue weighted by Gasteiger charge is 2.26. The molecule has 1 N–H and O–H groups in total. The van der Waals surface area contributed by atoms with E-state index in [-0.39, 0.29) is 5.56 Å². The second-order valence-corrected chi connectivity index (χ2v) is 5.91. The highest BCUT2D eigenvalue weighted by molar-refractivity contribution is 9.10. The Labute approximate surface area is 123 Å². The standard InChI is InChI=1S/C14H10BrClFNO/c15-9-3-8-2-1-7-4-10(16)5-11(17)12(7)14(19)13(8)18-6-9/h3-6,14,19H,1-2H2. The summed E-state index contributed by atoms with van der Waals surface area (Å²) in [5.74, 6) is -0.479. The van der Waals surface area contributed by atoms with E-state index in [1.54, 1.807) is 12.3 Å². The summed E-state index contributed by atoms with van der Waals surface area (Å²) in [7, 11) is 0. The van der Waals surface area contributed by atoms with Crippen LogP contribution in [0.4, 0.5) is 4.39 Å². The number of halogens is 3. The van der Waals surface area contributed by atoms with Crippen molar-refractivity contribution in [3.8, 4) is 0 Å². The zero-order valence-corrected chi connectivity index (χ0v) is 12.2. The predicted octanol–water partition coefficient (Wildman–Crippen LogP) is 3.82. The minimum atomic E-state index is -1.04. The summed E-state index contributed by atoms with van der Waals surface area (Å²) in [6, 6.07) is 4.86. The zero-order valence-electron chi connectivity index (χ0n) is 9.83. The average Bonchev–Trinajstić information content (AvgIpc) is 2.47. The molecule has 2 aromatic rings. The van der Waals surface area contributed by atoms with Gasteiger partial charge in [0.15, 0.2) is 0 Å². The Morgan fingerprint density at radius 1 is 1.26 bits per heavy atom. The zero-order chi connectivity index (χ0) is 13.6. The molecule has 0 bridgehead atoms. The highest BCUT2D eigenvalue weighted by atomic mass is 79.9. The Morgan fingerprint density at radius 2 is 2.00 bits per heavy atom. The summed E-state index contributed by atoms with van der Waals surface area (Å²) in [5, 5.41) is 10.7. The Balaban J connectivity index is 2.20. The molecule has 1 aliphatic carbocycles. The van der Waals surface area contributed by atoms with Crippen LogP contribution in [0.1, 0.15) is 28.5 Å². The first-order valence-corrected chi connectivity index (χ1v) is 7.03. The molecule has 3 rings (SSSR count). The van der Waals surface area contributed by atoms with E-state index in [9.17, 15) is 9.50 Å². The lowest BCUT2D eigenvalue weighted by Crippen LogP contribution is -2.07. The van der Waals surface area contributed by atoms with Gasteiger partial charge in [-0.25, -0.2) is 4.39 Å². The van der Waals surface area contributed by atoms with Crippen LogP contribution in [0.2, 0.25) is 5.02 Å². The molecule has 1 heterocycles. The smallest absolute Gasteiger partial charge is 0.131 e. The van der Waals surface area contributed by atoms with Gasteiger partial charge in [0, 0.05) is 21.3 Å². The van der Waals surface area contributed by atoms with Crippen molar-refractivity contribution in [3.63, 3.8) is 0 Å². The molecule has 0 amide bonds. The predicted molar refractivity (Wildman–Crippen MR) is 74.8 cm³/mol. The van der Waals surface area contributed by atoms with Crippen molar-refractivity contribution in [1.82, 2.24) is 4.98 Å². The quantitative estimate of drug-likeness (QED) is 0.789. The molecule has 1 atom stereocenters. The Kier molecular flexibility index (Phi) is 3.33. The molecule has 1 aromatic heterocycles. The Bertz CT molecular complexity index is 662. The number of fused-ring (bicyclic) bond motifs is 2. The topological polar surface area (TPSA) is 33.1 Å². The Morgan fingerprint density at radius 3 is 2.79 bits per heavy atom. The van der Waals surface area contributed by atoms with E-state index in [1.807, 2.05) is 6.07 Å². The molecule has 1 unspecified atom stereocenters. The fourth-order valence-corrected chi connectivity index (χ4v) is 3.10. The maximum atomic E-state index is 14.1. The maximum absolute atomic E-state index is 14.1. The van der Waals surface area contributed by atoms with E-state index < -0.39 is 11.9 Å². The molecule has 0 saturated carbocycles. The van der Waals surface area contributed by atoms with Crippen LogP contribution in [0.25, 0.3) is 0 Å². The van der Waals surface area contributed by atoms with E-state index in [0.29, 0.717) is 23.6 Å². The number of aliphatic hydroxyl groups excluding tert-OH is 1. The van der Waals surface area contributed by atoms with Crippen molar-refractivity contribution < 1.29 is 9.50 Å². The highest BCUT2D eigenvalue weighted by Crippen LogP contribution is 2.35. The van der Waals surface area contributed by atoms with Gasteiger partial charge in [0.25, 0.3) is 0 Å². The Hall–Kier alpha value is -0.970. The van der Waals surface area contributed by atoms with Crippen molar-refractivity contribution >= 4 is 27.5 Å². The van der Waals surface area contributed by atoms with E-state index in [2.05, 4.69) is 20.9 Å². The number of rotatable bonds is 0. The van der Waals surface area contributed by atoms with Gasteiger partial charge in [-0.15, -0.1) is 0 Å². The molecule has 0 saturated heterocycles. The van der Waals surface area contributed by atoms with Crippen molar-refractivity contribution in [3.05, 3.63) is 62.1 Å². The second-order valence-electron chi connectivity index (χ2n) is 4.56. The van der Waals surface area contributed by atoms with Crippen molar-refractivity contribution in [2.24, 2.45) is 0 Å². The maximum Gasteiger partial charge on any atom is 0.131 e. The van der Waals surface area contributed by atoms with Crippen molar-refractivity contribution in [2.75, 3.05) is 0 Å². The minimum absolute atomic E-state index is 0.290. The van der Waals surface area contributed by atoms with Crippen molar-refractivity contribution in [1.29, 1.82) is 0 Å². The molecular formula is C14H10BrClFNO. The number of hydrogen-bond acceptors (Lipinski definition) is 2. The largest absolute Gasteiger partial charge is 0.382 e. The molecular weight excluding hydrogens is 333 g/mol. The summed E-state index contributed by atoms with van der Waals surface area (Å²) >= 11 is 9.23. The summed E-state index contributed by atoms with van der Waals surface area (Å²) in [6.45, 7) is 0. The first kappa shape index (κ1) is 13.0. The van der Waals surface area contributed by atoms with Gasteiger partial charge in [0.2, 0.25) is 0 Å². The van der Waals surface area contributed by atoms with Gasteiger partial charge in [-0.05, 0) is 58.1 Å². The summed E-state index contributed by atoms with van der Waals surface area (Å²) in [5.41, 5.74) is 2.47. The van der Waals surface area contributed by atoms with Gasteiger partial charge in [-0.3, -0.25) is 4.98 Å². The minimum Gasteiger partial charge on any atom is -0.382 e. The monoisotopic (exact) mass is 341 g/mol. The third-order valence-corrected chi connectivity index (χ3v) is 4.00. The fraction of sp³-hybridized carbons (Fsp3) is 0.214. The molecule has 1 aliphatic rings.